The van der Waals surface area contributed by atoms with E-state index in [-0.39, 0.29) is 62.8 Å². The van der Waals surface area contributed by atoms with Crippen LogP contribution in [0.3, 0.4) is 0 Å². The van der Waals surface area contributed by atoms with E-state index in [2.05, 4.69) is 32.7 Å². The molecule has 6 rings (SSSR count). The van der Waals surface area contributed by atoms with E-state index in [0.29, 0.717) is 56.4 Å². The maximum Gasteiger partial charge on any atom is 0.323 e. The SMILES string of the molecule is COC[C@H](NCc1cc(Cl)c(OCc2cccc(-c3cccc(COc4cc(OCc5cncc(C#N)c5)c(CN[C@@H](COC)C(=O)O)cc4Cl)c3C)c2C)cc1OCc1cncc(C#N)c1)C(=O)O. The molecule has 2 heterocycles. The van der Waals surface area contributed by atoms with E-state index in [9.17, 15) is 30.3 Å². The number of pyridine rings is 2. The van der Waals surface area contributed by atoms with E-state index >= 15 is 0 Å². The second kappa shape index (κ2) is 25.4. The summed E-state index contributed by atoms with van der Waals surface area (Å²) < 4.78 is 35.3. The van der Waals surface area contributed by atoms with Crippen molar-refractivity contribution < 1.29 is 48.2 Å². The minimum Gasteiger partial charge on any atom is -0.488 e. The molecule has 0 unspecified atom stereocenters. The number of benzene rings is 4. The van der Waals surface area contributed by atoms with Gasteiger partial charge in [0.2, 0.25) is 0 Å². The highest BCUT2D eigenvalue weighted by Crippen LogP contribution is 2.37. The molecule has 0 aliphatic rings. The lowest BCUT2D eigenvalue weighted by molar-refractivity contribution is -0.141. The molecular formula is C52H50Cl2N6O10. The monoisotopic (exact) mass is 988 g/mol. The van der Waals surface area contributed by atoms with Crippen LogP contribution in [0.25, 0.3) is 11.1 Å². The molecule has 4 aromatic carbocycles. The summed E-state index contributed by atoms with van der Waals surface area (Å²) in [7, 11) is 2.84. The van der Waals surface area contributed by atoms with E-state index < -0.39 is 24.0 Å². The fourth-order valence-electron chi connectivity index (χ4n) is 7.30. The van der Waals surface area contributed by atoms with Crippen LogP contribution in [0.1, 0.15) is 55.6 Å². The normalized spacial score (nSPS) is 11.8. The highest BCUT2D eigenvalue weighted by Gasteiger charge is 2.22. The molecule has 362 valence electrons. The number of ether oxygens (including phenoxy) is 6. The number of aliphatic carboxylic acids is 2. The smallest absolute Gasteiger partial charge is 0.323 e. The summed E-state index contributed by atoms with van der Waals surface area (Å²) in [6.07, 6.45) is 6.10. The fraction of sp³-hybridized carbons (Fsp3) is 0.269. The summed E-state index contributed by atoms with van der Waals surface area (Å²) in [5.74, 6) is -0.690. The third kappa shape index (κ3) is 13.9. The van der Waals surface area contributed by atoms with Gasteiger partial charge in [0.25, 0.3) is 0 Å². The summed E-state index contributed by atoms with van der Waals surface area (Å²) in [5, 5.41) is 44.6. The third-order valence-electron chi connectivity index (χ3n) is 11.2. The number of carboxylic acids is 2. The van der Waals surface area contributed by atoms with Gasteiger partial charge in [-0.05, 0) is 71.5 Å². The number of hydrogen-bond acceptors (Lipinski definition) is 14. The van der Waals surface area contributed by atoms with Gasteiger partial charge < -0.3 is 38.6 Å². The van der Waals surface area contributed by atoms with Crippen LogP contribution in [0.2, 0.25) is 10.0 Å². The second-order valence-electron chi connectivity index (χ2n) is 16.0. The Labute approximate surface area is 415 Å². The maximum atomic E-state index is 11.8. The predicted octanol–water partition coefficient (Wildman–Crippen LogP) is 8.51. The van der Waals surface area contributed by atoms with Gasteiger partial charge >= 0.3 is 11.9 Å². The average Bonchev–Trinajstić information content (AvgIpc) is 3.35. The molecule has 0 spiro atoms. The van der Waals surface area contributed by atoms with Crippen LogP contribution >= 0.6 is 23.2 Å². The molecule has 16 nitrogen and oxygen atoms in total. The first kappa shape index (κ1) is 52.1. The van der Waals surface area contributed by atoms with Crippen LogP contribution in [0.15, 0.2) is 97.6 Å². The third-order valence-corrected chi connectivity index (χ3v) is 11.7. The summed E-state index contributed by atoms with van der Waals surface area (Å²) in [6.45, 7) is 4.54. The Bertz CT molecular complexity index is 2710. The first-order valence-corrected chi connectivity index (χ1v) is 22.5. The molecule has 0 bridgehead atoms. The van der Waals surface area contributed by atoms with E-state index in [1.165, 1.54) is 26.6 Å². The summed E-state index contributed by atoms with van der Waals surface area (Å²) in [4.78, 5) is 31.9. The molecule has 0 saturated heterocycles. The van der Waals surface area contributed by atoms with Gasteiger partial charge in [0.15, 0.2) is 0 Å². The van der Waals surface area contributed by atoms with Crippen LogP contribution in [-0.4, -0.2) is 71.6 Å². The summed E-state index contributed by atoms with van der Waals surface area (Å²) >= 11 is 13.6. The molecule has 18 heteroatoms. The van der Waals surface area contributed by atoms with Gasteiger partial charge in [-0.15, -0.1) is 0 Å². The van der Waals surface area contributed by atoms with Crippen molar-refractivity contribution in [1.29, 1.82) is 10.5 Å². The molecule has 6 aromatic rings. The molecule has 2 aromatic heterocycles. The Hall–Kier alpha value is -7.28. The molecule has 2 atom stereocenters. The molecule has 0 aliphatic heterocycles. The molecule has 4 N–H and O–H groups in total. The maximum absolute atomic E-state index is 11.8. The van der Waals surface area contributed by atoms with Crippen LogP contribution in [0.5, 0.6) is 23.0 Å². The molecule has 0 amide bonds. The number of carboxylic acid groups (broad SMARTS) is 2. The first-order valence-electron chi connectivity index (χ1n) is 21.7. The fourth-order valence-corrected chi connectivity index (χ4v) is 7.79. The van der Waals surface area contributed by atoms with E-state index in [1.54, 1.807) is 48.8 Å². The predicted molar refractivity (Wildman–Crippen MR) is 260 cm³/mol. The highest BCUT2D eigenvalue weighted by molar-refractivity contribution is 6.32. The van der Waals surface area contributed by atoms with Gasteiger partial charge in [0, 0.05) is 86.5 Å². The van der Waals surface area contributed by atoms with Crippen molar-refractivity contribution in [2.45, 2.75) is 65.4 Å². The standard InChI is InChI=1S/C52H50Cl2N6O10/c1-31-37(27-69-49-15-47(67-25-35-11-33(17-55)19-57-21-35)39(13-43(49)53)23-59-45(29-65-3)51(61)62)7-5-9-41(31)42-10-6-8-38(32(42)2)28-70-50-16-48(68-26-36-12-34(18-56)20-58-22-36)40(14-44(50)54)24-60-46(30-66-4)52(63)64/h5-16,19-22,45-46,59-60H,23-30H2,1-4H3,(H,61,62)(H,63,64)/t45-,46-/m0/s1. The topological polar surface area (TPSA) is 227 Å². The van der Waals surface area contributed by atoms with Crippen LogP contribution in [0.4, 0.5) is 0 Å². The van der Waals surface area contributed by atoms with Gasteiger partial charge in [0.05, 0.1) is 34.4 Å². The average molecular weight is 990 g/mol. The lowest BCUT2D eigenvalue weighted by Crippen LogP contribution is -2.39. The largest absolute Gasteiger partial charge is 0.488 e. The summed E-state index contributed by atoms with van der Waals surface area (Å²) in [6, 6.07) is 24.1. The van der Waals surface area contributed by atoms with E-state index in [4.69, 9.17) is 51.6 Å². The number of aromatic nitrogens is 2. The zero-order valence-electron chi connectivity index (χ0n) is 38.8. The molecule has 0 fully saturated rings. The van der Waals surface area contributed by atoms with Crippen LogP contribution in [0, 0.1) is 36.5 Å². The number of carbonyl (C=O) groups is 2. The number of nitriles is 2. The number of methoxy groups -OCH3 is 2. The van der Waals surface area contributed by atoms with Gasteiger partial charge in [0.1, 0.15) is 73.6 Å². The highest BCUT2D eigenvalue weighted by atomic mass is 35.5. The number of halogens is 2. The number of hydrogen-bond donors (Lipinski definition) is 4. The molecule has 70 heavy (non-hydrogen) atoms. The van der Waals surface area contributed by atoms with Crippen molar-refractivity contribution in [1.82, 2.24) is 20.6 Å². The minimum atomic E-state index is -1.08. The quantitative estimate of drug-likeness (QED) is 0.0421. The molecular weight excluding hydrogens is 940 g/mol. The Kier molecular flexibility index (Phi) is 18.9. The summed E-state index contributed by atoms with van der Waals surface area (Å²) in [5.41, 5.74) is 8.91. The Morgan fingerprint density at radius 1 is 0.586 bits per heavy atom. The lowest BCUT2D eigenvalue weighted by atomic mass is 9.92. The van der Waals surface area contributed by atoms with Gasteiger partial charge in [-0.1, -0.05) is 59.6 Å². The van der Waals surface area contributed by atoms with Crippen LogP contribution in [-0.2, 0) is 58.6 Å². The Morgan fingerprint density at radius 2 is 0.986 bits per heavy atom. The number of nitrogens with one attached hydrogen (secondary N) is 2. The van der Waals surface area contributed by atoms with Gasteiger partial charge in [-0.2, -0.15) is 10.5 Å². The number of nitrogens with zero attached hydrogens (tertiary/aromatic N) is 4. The minimum absolute atomic E-state index is 0.0558. The zero-order chi connectivity index (χ0) is 50.2. The van der Waals surface area contributed by atoms with Crippen molar-refractivity contribution in [2.24, 2.45) is 0 Å². The van der Waals surface area contributed by atoms with Crippen molar-refractivity contribution >= 4 is 35.1 Å². The lowest BCUT2D eigenvalue weighted by Gasteiger charge is -2.20. The van der Waals surface area contributed by atoms with Gasteiger partial charge in [-0.3, -0.25) is 30.2 Å². The van der Waals surface area contributed by atoms with Crippen molar-refractivity contribution in [3.05, 3.63) is 163 Å². The molecule has 0 aliphatic carbocycles. The van der Waals surface area contributed by atoms with Crippen LogP contribution < -0.4 is 29.6 Å². The zero-order valence-corrected chi connectivity index (χ0v) is 40.3. The first-order chi connectivity index (χ1) is 33.8. The molecule has 0 saturated carbocycles. The second-order valence-corrected chi connectivity index (χ2v) is 16.8. The number of rotatable bonds is 25. The van der Waals surface area contributed by atoms with Crippen molar-refractivity contribution in [3.63, 3.8) is 0 Å². The van der Waals surface area contributed by atoms with E-state index in [1.807, 2.05) is 50.2 Å². The Balaban J connectivity index is 1.21. The van der Waals surface area contributed by atoms with Crippen molar-refractivity contribution in [3.8, 4) is 46.3 Å². The molecule has 0 radical (unpaired) electrons. The van der Waals surface area contributed by atoms with Gasteiger partial charge in [-0.25, -0.2) is 0 Å². The van der Waals surface area contributed by atoms with E-state index in [0.717, 1.165) is 33.4 Å². The van der Waals surface area contributed by atoms with Crippen molar-refractivity contribution in [2.75, 3.05) is 27.4 Å². The Morgan fingerprint density at radius 3 is 1.36 bits per heavy atom.